The summed E-state index contributed by atoms with van der Waals surface area (Å²) in [7, 11) is 0. The minimum atomic E-state index is 0.714. The molecular weight excluding hydrogens is 256 g/mol. The van der Waals surface area contributed by atoms with Gasteiger partial charge >= 0.3 is 0 Å². The van der Waals surface area contributed by atoms with Crippen LogP contribution in [0.2, 0.25) is 0 Å². The van der Waals surface area contributed by atoms with E-state index >= 15 is 0 Å². The van der Waals surface area contributed by atoms with Crippen molar-refractivity contribution in [3.63, 3.8) is 0 Å². The molecule has 0 bridgehead atoms. The van der Waals surface area contributed by atoms with Gasteiger partial charge in [0.2, 0.25) is 0 Å². The number of nitrogens with two attached hydrogens (primary N) is 1. The quantitative estimate of drug-likeness (QED) is 0.683. The molecule has 2 rings (SSSR count). The number of hydrogen-bond acceptors (Lipinski definition) is 3. The first-order chi connectivity index (χ1) is 9.06. The summed E-state index contributed by atoms with van der Waals surface area (Å²) in [5, 5.41) is 1.13. The molecule has 19 heavy (non-hydrogen) atoms. The molecule has 0 unspecified atom stereocenters. The highest BCUT2D eigenvalue weighted by Gasteiger charge is 2.16. The Labute approximate surface area is 119 Å². The van der Waals surface area contributed by atoms with E-state index in [0.29, 0.717) is 5.96 Å². The number of nitrogens with zero attached hydrogens (tertiary/aromatic N) is 3. The third-order valence-corrected chi connectivity index (χ3v) is 4.85. The monoisotopic (exact) mass is 280 g/mol. The van der Waals surface area contributed by atoms with Crippen molar-refractivity contribution in [3.8, 4) is 0 Å². The SMILES string of the molecule is Cc1nc(C)c(CCN=C(N)N2CCC(C)CC2)s1. The van der Waals surface area contributed by atoms with E-state index < -0.39 is 0 Å². The summed E-state index contributed by atoms with van der Waals surface area (Å²) in [4.78, 5) is 12.5. The van der Waals surface area contributed by atoms with E-state index in [1.165, 1.54) is 17.7 Å². The number of aliphatic imine (C=N–C) groups is 1. The number of thiazole rings is 1. The van der Waals surface area contributed by atoms with Gasteiger partial charge in [0.25, 0.3) is 0 Å². The number of aryl methyl sites for hydroxylation is 2. The molecule has 0 spiro atoms. The number of aromatic nitrogens is 1. The summed E-state index contributed by atoms with van der Waals surface area (Å²) in [6.45, 7) is 9.29. The van der Waals surface area contributed by atoms with Crippen LogP contribution in [0, 0.1) is 19.8 Å². The molecule has 0 aromatic carbocycles. The number of rotatable bonds is 3. The second-order valence-electron chi connectivity index (χ2n) is 5.40. The van der Waals surface area contributed by atoms with Gasteiger partial charge in [0.1, 0.15) is 0 Å². The highest BCUT2D eigenvalue weighted by molar-refractivity contribution is 7.11. The van der Waals surface area contributed by atoms with E-state index in [1.54, 1.807) is 11.3 Å². The maximum atomic E-state index is 6.06. The molecule has 1 aromatic rings. The van der Waals surface area contributed by atoms with E-state index in [9.17, 15) is 0 Å². The van der Waals surface area contributed by atoms with Crippen molar-refractivity contribution in [3.05, 3.63) is 15.6 Å². The van der Waals surface area contributed by atoms with Gasteiger partial charge in [-0.3, -0.25) is 4.99 Å². The van der Waals surface area contributed by atoms with E-state index in [-0.39, 0.29) is 0 Å². The van der Waals surface area contributed by atoms with Crippen molar-refractivity contribution < 1.29 is 0 Å². The number of guanidine groups is 1. The predicted molar refractivity (Wildman–Crippen MR) is 81.8 cm³/mol. The van der Waals surface area contributed by atoms with Gasteiger partial charge in [-0.05, 0) is 32.6 Å². The molecule has 2 heterocycles. The molecule has 1 aromatic heterocycles. The molecule has 1 aliphatic rings. The van der Waals surface area contributed by atoms with Gasteiger partial charge in [-0.25, -0.2) is 4.98 Å². The van der Waals surface area contributed by atoms with E-state index in [4.69, 9.17) is 5.73 Å². The third kappa shape index (κ3) is 3.93. The average molecular weight is 280 g/mol. The van der Waals surface area contributed by atoms with Gasteiger partial charge in [-0.2, -0.15) is 0 Å². The summed E-state index contributed by atoms with van der Waals surface area (Å²) in [6, 6.07) is 0. The van der Waals surface area contributed by atoms with Gasteiger partial charge < -0.3 is 10.6 Å². The van der Waals surface area contributed by atoms with Gasteiger partial charge in [0.15, 0.2) is 5.96 Å². The highest BCUT2D eigenvalue weighted by atomic mass is 32.1. The zero-order valence-corrected chi connectivity index (χ0v) is 13.0. The molecule has 0 aliphatic carbocycles. The number of likely N-dealkylation sites (tertiary alicyclic amines) is 1. The van der Waals surface area contributed by atoms with Crippen LogP contribution in [-0.4, -0.2) is 35.5 Å². The van der Waals surface area contributed by atoms with Crippen LogP contribution in [0.4, 0.5) is 0 Å². The fourth-order valence-electron chi connectivity index (χ4n) is 2.42. The van der Waals surface area contributed by atoms with Gasteiger partial charge in [0, 0.05) is 30.9 Å². The predicted octanol–water partition coefficient (Wildman–Crippen LogP) is 2.35. The molecule has 106 valence electrons. The first-order valence-corrected chi connectivity index (χ1v) is 7.85. The average Bonchev–Trinajstić information content (AvgIpc) is 2.68. The normalized spacial score (nSPS) is 18.1. The second-order valence-corrected chi connectivity index (χ2v) is 6.69. The van der Waals surface area contributed by atoms with Crippen molar-refractivity contribution in [1.82, 2.24) is 9.88 Å². The van der Waals surface area contributed by atoms with Crippen LogP contribution in [0.15, 0.2) is 4.99 Å². The highest BCUT2D eigenvalue weighted by Crippen LogP contribution is 2.18. The lowest BCUT2D eigenvalue weighted by Gasteiger charge is -2.31. The maximum Gasteiger partial charge on any atom is 0.191 e. The van der Waals surface area contributed by atoms with Crippen molar-refractivity contribution >= 4 is 17.3 Å². The molecule has 1 saturated heterocycles. The van der Waals surface area contributed by atoms with Gasteiger partial charge in [-0.1, -0.05) is 6.92 Å². The Kier molecular flexibility index (Phi) is 4.80. The maximum absolute atomic E-state index is 6.06. The van der Waals surface area contributed by atoms with E-state index in [2.05, 4.69) is 28.7 Å². The van der Waals surface area contributed by atoms with Gasteiger partial charge in [-0.15, -0.1) is 11.3 Å². The lowest BCUT2D eigenvalue weighted by Crippen LogP contribution is -2.42. The third-order valence-electron chi connectivity index (χ3n) is 3.72. The van der Waals surface area contributed by atoms with Crippen LogP contribution in [0.3, 0.4) is 0 Å². The topological polar surface area (TPSA) is 54.5 Å². The first-order valence-electron chi connectivity index (χ1n) is 7.04. The second kappa shape index (κ2) is 6.37. The zero-order chi connectivity index (χ0) is 13.8. The Hall–Kier alpha value is -1.10. The zero-order valence-electron chi connectivity index (χ0n) is 12.1. The molecule has 1 fully saturated rings. The fraction of sp³-hybridized carbons (Fsp3) is 0.714. The largest absolute Gasteiger partial charge is 0.370 e. The summed E-state index contributed by atoms with van der Waals surface area (Å²) in [5.41, 5.74) is 7.21. The Morgan fingerprint density at radius 2 is 2.11 bits per heavy atom. The smallest absolute Gasteiger partial charge is 0.191 e. The van der Waals surface area contributed by atoms with Crippen LogP contribution in [0.5, 0.6) is 0 Å². The van der Waals surface area contributed by atoms with Crippen LogP contribution >= 0.6 is 11.3 Å². The molecule has 0 atom stereocenters. The van der Waals surface area contributed by atoms with Crippen LogP contribution in [0.1, 0.15) is 35.3 Å². The Bertz CT molecular complexity index is 444. The van der Waals surface area contributed by atoms with Gasteiger partial charge in [0.05, 0.1) is 10.7 Å². The van der Waals surface area contributed by atoms with Crippen molar-refractivity contribution in [2.24, 2.45) is 16.6 Å². The lowest BCUT2D eigenvalue weighted by atomic mass is 10.00. The molecular formula is C14H24N4S. The Balaban J connectivity index is 1.83. The summed E-state index contributed by atoms with van der Waals surface area (Å²) in [6.07, 6.45) is 3.40. The molecule has 0 amide bonds. The summed E-state index contributed by atoms with van der Waals surface area (Å²) < 4.78 is 0. The number of piperidine rings is 1. The van der Waals surface area contributed by atoms with Crippen molar-refractivity contribution in [2.75, 3.05) is 19.6 Å². The summed E-state index contributed by atoms with van der Waals surface area (Å²) >= 11 is 1.77. The van der Waals surface area contributed by atoms with Crippen LogP contribution in [0.25, 0.3) is 0 Å². The summed E-state index contributed by atoms with van der Waals surface area (Å²) in [5.74, 6) is 1.54. The van der Waals surface area contributed by atoms with Crippen LogP contribution in [-0.2, 0) is 6.42 Å². The minimum absolute atomic E-state index is 0.714. The lowest BCUT2D eigenvalue weighted by molar-refractivity contribution is 0.277. The van der Waals surface area contributed by atoms with E-state index in [0.717, 1.165) is 42.7 Å². The number of hydrogen-bond donors (Lipinski definition) is 1. The fourth-order valence-corrected chi connectivity index (χ4v) is 3.34. The van der Waals surface area contributed by atoms with E-state index in [1.807, 2.05) is 6.92 Å². The minimum Gasteiger partial charge on any atom is -0.370 e. The first kappa shape index (κ1) is 14.3. The molecule has 0 radical (unpaired) electrons. The Morgan fingerprint density at radius 1 is 1.42 bits per heavy atom. The Morgan fingerprint density at radius 3 is 2.68 bits per heavy atom. The standard InChI is InChI=1S/C14H24N4S/c1-10-5-8-18(9-6-10)14(15)16-7-4-13-11(2)17-12(3)19-13/h10H,4-9H2,1-3H3,(H2,15,16). The van der Waals surface area contributed by atoms with Crippen LogP contribution < -0.4 is 5.73 Å². The molecule has 0 saturated carbocycles. The molecule has 1 aliphatic heterocycles. The van der Waals surface area contributed by atoms with Crippen molar-refractivity contribution in [2.45, 2.75) is 40.0 Å². The molecule has 4 nitrogen and oxygen atoms in total. The molecule has 2 N–H and O–H groups in total. The molecule has 5 heteroatoms. The van der Waals surface area contributed by atoms with Crippen molar-refractivity contribution in [1.29, 1.82) is 0 Å².